The van der Waals surface area contributed by atoms with Crippen molar-refractivity contribution in [3.8, 4) is 0 Å². The predicted molar refractivity (Wildman–Crippen MR) is 244 cm³/mol. The Kier molecular flexibility index (Phi) is 16.2. The normalized spacial score (nSPS) is 39.7. The first-order valence-corrected chi connectivity index (χ1v) is 25.5. The Morgan fingerprint density at radius 2 is 0.635 bits per heavy atom. The van der Waals surface area contributed by atoms with Gasteiger partial charge in [-0.15, -0.1) is 10.8 Å². The quantitative estimate of drug-likeness (QED) is 0.0778. The maximum Gasteiger partial charge on any atom is 2.00 e. The fraction of sp³-hybridized carbons (Fsp3) is 0.889. The van der Waals surface area contributed by atoms with Crippen molar-refractivity contribution < 1.29 is 58.5 Å². The van der Waals surface area contributed by atoms with E-state index in [2.05, 4.69) is 83.1 Å². The second-order valence-corrected chi connectivity index (χ2v) is 24.6. The van der Waals surface area contributed by atoms with Crippen molar-refractivity contribution in [2.45, 2.75) is 212 Å². The molecule has 6 rings (SSSR count). The van der Waals surface area contributed by atoms with Crippen LogP contribution in [0.15, 0.2) is 0 Å². The molecule has 9 heteroatoms. The number of rotatable bonds is 13. The molecule has 6 aliphatic carbocycles. The van der Waals surface area contributed by atoms with Gasteiger partial charge >= 0.3 is 20.4 Å². The first kappa shape index (κ1) is 52.3. The average molecular weight is 972 g/mol. The summed E-state index contributed by atoms with van der Waals surface area (Å²) in [6, 6.07) is 0. The topological polar surface area (TPSA) is 105 Å². The predicted octanol–water partition coefficient (Wildman–Crippen LogP) is 12.2. The SMILES string of the molecule is CC(C)[C@@H]1CC[C@@H](C)C[C@H]1OC(=O)[C-]1C(C)(C)[C@]1(C(=O)O[C@@H]1C[C@H](C)CC[C@H]1C(C)C)[C@]1(C(=O)O[C@@H]2C[C@H](C)CC[C@H]2C(C)C)[C-](C(=O)O[C@@H]2C[C@H](C)CC[C@H]2C(C)C)C1(C)C.[Pd+2]. The van der Waals surface area contributed by atoms with E-state index >= 15 is 19.2 Å². The maximum absolute atomic E-state index is 16.0. The van der Waals surface area contributed by atoms with Gasteiger partial charge in [0, 0.05) is 0 Å². The zero-order valence-corrected chi connectivity index (χ0v) is 43.9. The molecule has 14 atom stereocenters. The van der Waals surface area contributed by atoms with Crippen molar-refractivity contribution in [3.63, 3.8) is 0 Å². The molecule has 0 amide bonds. The molecule has 0 N–H and O–H groups in total. The molecule has 63 heavy (non-hydrogen) atoms. The molecule has 8 nitrogen and oxygen atoms in total. The molecule has 362 valence electrons. The smallest absolute Gasteiger partial charge is 0.484 e. The fourth-order valence-corrected chi connectivity index (χ4v) is 14.3. The summed E-state index contributed by atoms with van der Waals surface area (Å²) in [5.74, 6) is 1.36. The van der Waals surface area contributed by atoms with Gasteiger partial charge in [-0.25, -0.2) is 0 Å². The van der Waals surface area contributed by atoms with Crippen LogP contribution in [-0.2, 0) is 58.5 Å². The number of esters is 4. The first-order valence-electron chi connectivity index (χ1n) is 25.5. The van der Waals surface area contributed by atoms with Crippen LogP contribution in [0.25, 0.3) is 0 Å². The van der Waals surface area contributed by atoms with Gasteiger partial charge in [0.2, 0.25) is 0 Å². The Morgan fingerprint density at radius 3 is 0.857 bits per heavy atom. The van der Waals surface area contributed by atoms with Gasteiger partial charge in [0.1, 0.15) is 24.4 Å². The third-order valence-corrected chi connectivity index (χ3v) is 18.2. The second-order valence-electron chi connectivity index (χ2n) is 24.6. The molecule has 0 spiro atoms. The minimum atomic E-state index is -1.84. The van der Waals surface area contributed by atoms with Crippen LogP contribution in [0.4, 0.5) is 0 Å². The van der Waals surface area contributed by atoms with Gasteiger partial charge in [0.15, 0.2) is 11.9 Å². The van der Waals surface area contributed by atoms with E-state index < -0.39 is 57.7 Å². The summed E-state index contributed by atoms with van der Waals surface area (Å²) in [5, 5.41) is 0. The van der Waals surface area contributed by atoms with Crippen molar-refractivity contribution in [2.24, 2.45) is 92.7 Å². The number of hydrogen-bond donors (Lipinski definition) is 0. The zero-order chi connectivity index (χ0) is 46.0. The Bertz CT molecular complexity index is 1520. The van der Waals surface area contributed by atoms with E-state index in [9.17, 15) is 0 Å². The van der Waals surface area contributed by atoms with Crippen LogP contribution in [0.3, 0.4) is 0 Å². The molecular formula is C54H88O8Pd. The molecule has 0 aromatic carbocycles. The monoisotopic (exact) mass is 971 g/mol. The van der Waals surface area contributed by atoms with Gasteiger partial charge in [0.05, 0.1) is 0 Å². The molecule has 0 aromatic heterocycles. The fourth-order valence-electron chi connectivity index (χ4n) is 14.3. The Labute approximate surface area is 397 Å². The Morgan fingerprint density at radius 1 is 0.413 bits per heavy atom. The molecule has 0 radical (unpaired) electrons. The molecule has 0 unspecified atom stereocenters. The summed E-state index contributed by atoms with van der Waals surface area (Å²) < 4.78 is 27.1. The van der Waals surface area contributed by atoms with E-state index in [0.717, 1.165) is 64.2 Å². The first-order chi connectivity index (χ1) is 28.9. The minimum absolute atomic E-state index is 0. The van der Waals surface area contributed by atoms with Crippen LogP contribution in [-0.4, -0.2) is 48.3 Å². The number of hydrogen-bond acceptors (Lipinski definition) is 8. The standard InChI is InChI=1S/C54H88O8.Pd/c1-29(2)37-21-17-33(9)25-41(37)59-47(55)45-51(13,14)53(45,49(57)61-43-27-35(11)19-23-39(43)31(5)6)54(50(58)62-44-28-36(12)20-24-40(44)32(7)8)46(52(54,15)16)48(56)60-42-26-34(10)18-22-38(42)30(3)4;/h29-44H,17-28H2,1-16H3;/q-2;+2/t33-,34-,35-,36-,37+,38+,39+,40+,41-,42-,43-,44-,53+,54+;/m1./s1. The van der Waals surface area contributed by atoms with E-state index in [1.54, 1.807) is 0 Å². The van der Waals surface area contributed by atoms with Crippen LogP contribution in [0.5, 0.6) is 0 Å². The molecule has 6 saturated carbocycles. The number of carbonyl (C=O) groups is 4. The van der Waals surface area contributed by atoms with Gasteiger partial charge in [-0.05, 0) is 122 Å². The molecule has 0 heterocycles. The van der Waals surface area contributed by atoms with Crippen molar-refractivity contribution in [2.75, 3.05) is 0 Å². The largest absolute Gasteiger partial charge is 2.00 e. The third-order valence-electron chi connectivity index (χ3n) is 18.2. The van der Waals surface area contributed by atoms with Crippen LogP contribution < -0.4 is 0 Å². The van der Waals surface area contributed by atoms with Gasteiger partial charge in [-0.1, -0.05) is 147 Å². The summed E-state index contributed by atoms with van der Waals surface area (Å²) in [6.45, 7) is 33.9. The maximum atomic E-state index is 16.0. The van der Waals surface area contributed by atoms with Crippen LogP contribution >= 0.6 is 0 Å². The summed E-state index contributed by atoms with van der Waals surface area (Å²) in [5.41, 5.74) is -6.07. The third kappa shape index (κ3) is 9.19. The molecular weight excluding hydrogens is 883 g/mol. The van der Waals surface area contributed by atoms with Gasteiger partial charge in [-0.3, -0.25) is 31.0 Å². The molecule has 6 aliphatic rings. The summed E-state index contributed by atoms with van der Waals surface area (Å²) in [6.07, 6.45) is 9.46. The molecule has 0 saturated heterocycles. The van der Waals surface area contributed by atoms with Crippen molar-refractivity contribution in [1.82, 2.24) is 0 Å². The van der Waals surface area contributed by atoms with E-state index in [4.69, 9.17) is 18.9 Å². The van der Waals surface area contributed by atoms with Crippen molar-refractivity contribution in [3.05, 3.63) is 11.8 Å². The van der Waals surface area contributed by atoms with E-state index in [-0.39, 0.29) is 80.0 Å². The van der Waals surface area contributed by atoms with E-state index in [0.29, 0.717) is 48.3 Å². The molecule has 0 bridgehead atoms. The summed E-state index contributed by atoms with van der Waals surface area (Å²) in [4.78, 5) is 62.6. The van der Waals surface area contributed by atoms with Gasteiger partial charge in [0.25, 0.3) is 11.9 Å². The van der Waals surface area contributed by atoms with Crippen molar-refractivity contribution >= 4 is 23.9 Å². The van der Waals surface area contributed by atoms with Gasteiger partial charge < -0.3 is 18.9 Å². The Balaban J connectivity index is 0.00000748. The van der Waals surface area contributed by atoms with Crippen LogP contribution in [0.1, 0.15) is 188 Å². The second kappa shape index (κ2) is 19.5. The van der Waals surface area contributed by atoms with Gasteiger partial charge in [-0.2, -0.15) is 0 Å². The molecule has 6 fully saturated rings. The number of ether oxygens (including phenoxy) is 4. The molecule has 0 aromatic rings. The van der Waals surface area contributed by atoms with Crippen LogP contribution in [0.2, 0.25) is 0 Å². The Hall–Kier alpha value is -1.72. The van der Waals surface area contributed by atoms with E-state index in [1.165, 1.54) is 0 Å². The number of carbonyl (C=O) groups excluding carboxylic acids is 4. The molecule has 0 aliphatic heterocycles. The summed E-state index contributed by atoms with van der Waals surface area (Å²) >= 11 is 0. The summed E-state index contributed by atoms with van der Waals surface area (Å²) in [7, 11) is 0. The van der Waals surface area contributed by atoms with Crippen LogP contribution in [0, 0.1) is 105 Å². The van der Waals surface area contributed by atoms with Crippen molar-refractivity contribution in [1.29, 1.82) is 0 Å². The van der Waals surface area contributed by atoms with E-state index in [1.807, 2.05) is 27.7 Å². The average Bonchev–Trinajstić information content (AvgIpc) is 3.91. The zero-order valence-electron chi connectivity index (χ0n) is 42.3. The minimum Gasteiger partial charge on any atom is -0.484 e.